The second-order valence-electron chi connectivity index (χ2n) is 3.12. The smallest absolute Gasteiger partial charge is 0.328 e. The number of ether oxygens (including phenoxy) is 2. The zero-order valence-corrected chi connectivity index (χ0v) is 9.93. The van der Waals surface area contributed by atoms with Crippen LogP contribution in [0.25, 0.3) is 0 Å². The van der Waals surface area contributed by atoms with Crippen LogP contribution in [0.2, 0.25) is 0 Å². The van der Waals surface area contributed by atoms with Gasteiger partial charge in [0.1, 0.15) is 6.04 Å². The van der Waals surface area contributed by atoms with E-state index in [1.807, 2.05) is 0 Å². The van der Waals surface area contributed by atoms with Crippen LogP contribution in [0.4, 0.5) is 11.9 Å². The maximum atomic E-state index is 11.4. The molecule has 94 valence electrons. The third kappa shape index (κ3) is 3.74. The minimum Gasteiger partial charge on any atom is -0.467 e. The Hall–Kier alpha value is -2.12. The van der Waals surface area contributed by atoms with Crippen LogP contribution in [0.5, 0.6) is 6.01 Å². The third-order valence-corrected chi connectivity index (χ3v) is 1.80. The lowest BCUT2D eigenvalue weighted by atomic mass is 10.3. The van der Waals surface area contributed by atoms with Crippen LogP contribution in [0.3, 0.4) is 0 Å². The quantitative estimate of drug-likeness (QED) is 0.683. The maximum absolute atomic E-state index is 11.4. The zero-order chi connectivity index (χ0) is 12.8. The van der Waals surface area contributed by atoms with E-state index in [0.717, 1.165) is 0 Å². The number of hydrogen-bond acceptors (Lipinski definition) is 8. The molecule has 0 aromatic carbocycles. The highest BCUT2D eigenvalue weighted by atomic mass is 16.5. The minimum absolute atomic E-state index is 0.00964. The zero-order valence-electron chi connectivity index (χ0n) is 9.93. The van der Waals surface area contributed by atoms with Gasteiger partial charge in [-0.1, -0.05) is 0 Å². The van der Waals surface area contributed by atoms with Crippen LogP contribution in [-0.2, 0) is 9.53 Å². The lowest BCUT2D eigenvalue weighted by Crippen LogP contribution is -2.29. The highest BCUT2D eigenvalue weighted by Crippen LogP contribution is 2.09. The van der Waals surface area contributed by atoms with Gasteiger partial charge in [0, 0.05) is 0 Å². The maximum Gasteiger partial charge on any atom is 0.328 e. The predicted octanol–water partition coefficient (Wildman–Crippen LogP) is -0.174. The molecule has 0 bridgehead atoms. The van der Waals surface area contributed by atoms with E-state index >= 15 is 0 Å². The molecule has 3 N–H and O–H groups in total. The average Bonchev–Trinajstić information content (AvgIpc) is 2.28. The summed E-state index contributed by atoms with van der Waals surface area (Å²) in [5.74, 6) is -0.226. The molecule has 0 fully saturated rings. The van der Waals surface area contributed by atoms with E-state index in [-0.39, 0.29) is 17.9 Å². The molecule has 1 aromatic heterocycles. The van der Waals surface area contributed by atoms with Gasteiger partial charge in [0.2, 0.25) is 11.9 Å². The van der Waals surface area contributed by atoms with Gasteiger partial charge in [-0.2, -0.15) is 15.0 Å². The summed E-state index contributed by atoms with van der Waals surface area (Å²) in [4.78, 5) is 22.8. The lowest BCUT2D eigenvalue weighted by Gasteiger charge is -2.12. The summed E-state index contributed by atoms with van der Waals surface area (Å²) >= 11 is 0. The predicted molar refractivity (Wildman–Crippen MR) is 60.5 cm³/mol. The molecule has 1 unspecified atom stereocenters. The van der Waals surface area contributed by atoms with Crippen LogP contribution in [0.1, 0.15) is 13.8 Å². The molecule has 1 rings (SSSR count). The van der Waals surface area contributed by atoms with Crippen molar-refractivity contribution in [2.24, 2.45) is 0 Å². The van der Waals surface area contributed by atoms with Gasteiger partial charge in [-0.05, 0) is 13.8 Å². The van der Waals surface area contributed by atoms with Crippen LogP contribution >= 0.6 is 0 Å². The number of aromatic nitrogens is 3. The molecular weight excluding hydrogens is 226 g/mol. The second-order valence-corrected chi connectivity index (χ2v) is 3.12. The van der Waals surface area contributed by atoms with Gasteiger partial charge in [-0.25, -0.2) is 4.79 Å². The highest BCUT2D eigenvalue weighted by Gasteiger charge is 2.15. The minimum atomic E-state index is -0.582. The molecule has 17 heavy (non-hydrogen) atoms. The second kappa shape index (κ2) is 5.83. The number of nitrogen functional groups attached to an aromatic ring is 1. The molecule has 1 heterocycles. The van der Waals surface area contributed by atoms with E-state index in [0.29, 0.717) is 6.61 Å². The van der Waals surface area contributed by atoms with E-state index in [4.69, 9.17) is 15.2 Å². The van der Waals surface area contributed by atoms with Gasteiger partial charge < -0.3 is 20.5 Å². The van der Waals surface area contributed by atoms with Crippen molar-refractivity contribution >= 4 is 17.9 Å². The van der Waals surface area contributed by atoms with Gasteiger partial charge in [-0.15, -0.1) is 0 Å². The fourth-order valence-corrected chi connectivity index (χ4v) is 1.05. The average molecular weight is 241 g/mol. The Morgan fingerprint density at radius 1 is 1.47 bits per heavy atom. The van der Waals surface area contributed by atoms with Crippen LogP contribution < -0.4 is 15.8 Å². The topological polar surface area (TPSA) is 112 Å². The number of nitrogens with zero attached hydrogens (tertiary/aromatic N) is 3. The summed E-state index contributed by atoms with van der Waals surface area (Å²) in [5, 5.41) is 2.75. The molecule has 0 aliphatic heterocycles. The number of nitrogens with one attached hydrogen (secondary N) is 1. The molecule has 8 nitrogen and oxygen atoms in total. The van der Waals surface area contributed by atoms with Gasteiger partial charge >= 0.3 is 12.0 Å². The lowest BCUT2D eigenvalue weighted by molar-refractivity contribution is -0.143. The normalized spacial score (nSPS) is 11.7. The Labute approximate surface area is 98.6 Å². The Balaban J connectivity index is 2.73. The van der Waals surface area contributed by atoms with Crippen molar-refractivity contribution in [3.63, 3.8) is 0 Å². The van der Waals surface area contributed by atoms with Crippen molar-refractivity contribution in [1.29, 1.82) is 0 Å². The fraction of sp³-hybridized carbons (Fsp3) is 0.556. The van der Waals surface area contributed by atoms with Gasteiger partial charge in [0.05, 0.1) is 13.7 Å². The largest absolute Gasteiger partial charge is 0.467 e. The van der Waals surface area contributed by atoms with Gasteiger partial charge in [-0.3, -0.25) is 0 Å². The molecule has 1 aromatic rings. The van der Waals surface area contributed by atoms with Crippen molar-refractivity contribution in [1.82, 2.24) is 15.0 Å². The Kier molecular flexibility index (Phi) is 4.44. The summed E-state index contributed by atoms with van der Waals surface area (Å²) in [6.07, 6.45) is 0. The number of rotatable bonds is 5. The molecule has 0 aliphatic carbocycles. The van der Waals surface area contributed by atoms with E-state index < -0.39 is 12.0 Å². The first kappa shape index (κ1) is 12.9. The third-order valence-electron chi connectivity index (χ3n) is 1.80. The summed E-state index contributed by atoms with van der Waals surface area (Å²) in [6.45, 7) is 3.67. The van der Waals surface area contributed by atoms with E-state index in [9.17, 15) is 4.79 Å². The Morgan fingerprint density at radius 2 is 2.18 bits per heavy atom. The van der Waals surface area contributed by atoms with E-state index in [1.165, 1.54) is 7.11 Å². The Bertz CT molecular complexity index is 398. The summed E-state index contributed by atoms with van der Waals surface area (Å²) in [5.41, 5.74) is 5.45. The monoisotopic (exact) mass is 241 g/mol. The van der Waals surface area contributed by atoms with Crippen LogP contribution in [0, 0.1) is 0 Å². The summed E-state index contributed by atoms with van der Waals surface area (Å²) in [7, 11) is 1.41. The van der Waals surface area contributed by atoms with Crippen molar-refractivity contribution in [3.8, 4) is 6.01 Å². The van der Waals surface area contributed by atoms with Crippen molar-refractivity contribution in [3.05, 3.63) is 0 Å². The Morgan fingerprint density at radius 3 is 2.76 bits per heavy atom. The van der Waals surface area contributed by atoms with Crippen LogP contribution in [-0.4, -0.2) is 40.7 Å². The standard InChI is InChI=1S/C9H15N5O3/c1-4-17-6(15)5(2)11-8-12-7(10)13-9(14-8)16-3/h5H,4H2,1-3H3,(H3,10,11,12,13,14). The van der Waals surface area contributed by atoms with Crippen molar-refractivity contribution in [2.45, 2.75) is 19.9 Å². The molecule has 1 atom stereocenters. The van der Waals surface area contributed by atoms with Gasteiger partial charge in [0.15, 0.2) is 0 Å². The number of anilines is 2. The number of nitrogens with two attached hydrogens (primary N) is 1. The van der Waals surface area contributed by atoms with Gasteiger partial charge in [0.25, 0.3) is 0 Å². The SMILES string of the molecule is CCOC(=O)C(C)Nc1nc(N)nc(OC)n1. The number of esters is 1. The van der Waals surface area contributed by atoms with E-state index in [1.54, 1.807) is 13.8 Å². The molecule has 0 amide bonds. The molecule has 0 saturated heterocycles. The summed E-state index contributed by atoms with van der Waals surface area (Å²) < 4.78 is 9.65. The number of methoxy groups -OCH3 is 1. The molecule has 0 radical (unpaired) electrons. The fourth-order valence-electron chi connectivity index (χ4n) is 1.05. The first-order chi connectivity index (χ1) is 8.06. The van der Waals surface area contributed by atoms with Crippen molar-refractivity contribution in [2.75, 3.05) is 24.8 Å². The number of carbonyl (C=O) groups excluding carboxylic acids is 1. The van der Waals surface area contributed by atoms with Crippen LogP contribution in [0.15, 0.2) is 0 Å². The first-order valence-electron chi connectivity index (χ1n) is 5.05. The molecule has 8 heteroatoms. The molecule has 0 saturated carbocycles. The molecular formula is C9H15N5O3. The molecule has 0 aliphatic rings. The summed E-state index contributed by atoms with van der Waals surface area (Å²) in [6, 6.07) is -0.502. The number of hydrogen-bond donors (Lipinski definition) is 2. The van der Waals surface area contributed by atoms with E-state index in [2.05, 4.69) is 20.3 Å². The molecule has 0 spiro atoms. The van der Waals surface area contributed by atoms with Crippen molar-refractivity contribution < 1.29 is 14.3 Å². The first-order valence-corrected chi connectivity index (χ1v) is 5.05. The number of carbonyl (C=O) groups is 1. The highest BCUT2D eigenvalue weighted by molar-refractivity contribution is 5.78.